The molecule has 0 aromatic rings. The number of rotatable bonds is 4. The number of aliphatic carboxylic acids is 1. The quantitative estimate of drug-likeness (QED) is 0.674. The third kappa shape index (κ3) is 5.89. The fourth-order valence-electron chi connectivity index (χ4n) is 2.40. The average Bonchev–Trinajstić information content (AvgIpc) is 2.42. The molecule has 5 heteroatoms. The summed E-state index contributed by atoms with van der Waals surface area (Å²) in [5, 5.41) is 14.2. The third-order valence-corrected chi connectivity index (χ3v) is 3.45. The molecule has 5 nitrogen and oxygen atoms in total. The van der Waals surface area contributed by atoms with Gasteiger partial charge < -0.3 is 15.7 Å². The van der Waals surface area contributed by atoms with Crippen LogP contribution in [-0.2, 0) is 4.79 Å². The van der Waals surface area contributed by atoms with Crippen molar-refractivity contribution in [3.8, 4) is 0 Å². The molecule has 3 atom stereocenters. The van der Waals surface area contributed by atoms with Crippen LogP contribution in [0.2, 0.25) is 0 Å². The highest BCUT2D eigenvalue weighted by Crippen LogP contribution is 2.22. The van der Waals surface area contributed by atoms with E-state index in [4.69, 9.17) is 5.11 Å². The lowest BCUT2D eigenvalue weighted by Crippen LogP contribution is -2.45. The second-order valence-electron chi connectivity index (χ2n) is 5.43. The van der Waals surface area contributed by atoms with E-state index in [1.165, 1.54) is 6.42 Å². The molecule has 0 saturated heterocycles. The Hall–Kier alpha value is -1.26. The molecule has 0 heterocycles. The molecule has 1 saturated carbocycles. The molecule has 1 aliphatic rings. The van der Waals surface area contributed by atoms with Crippen LogP contribution in [0.25, 0.3) is 0 Å². The Balaban J connectivity index is 2.28. The number of carboxylic acid groups (broad SMARTS) is 1. The van der Waals surface area contributed by atoms with Crippen LogP contribution in [0.5, 0.6) is 0 Å². The van der Waals surface area contributed by atoms with Crippen LogP contribution >= 0.6 is 0 Å². The lowest BCUT2D eigenvalue weighted by Gasteiger charge is -2.19. The van der Waals surface area contributed by atoms with Crippen molar-refractivity contribution in [2.24, 2.45) is 5.92 Å². The third-order valence-electron chi connectivity index (χ3n) is 3.45. The Morgan fingerprint density at radius 3 is 2.67 bits per heavy atom. The number of carbonyl (C=O) groups is 2. The number of amides is 2. The van der Waals surface area contributed by atoms with Gasteiger partial charge in [0.05, 0.1) is 6.42 Å². The van der Waals surface area contributed by atoms with E-state index in [0.29, 0.717) is 0 Å². The van der Waals surface area contributed by atoms with Crippen molar-refractivity contribution < 1.29 is 14.7 Å². The molecule has 104 valence electrons. The van der Waals surface area contributed by atoms with E-state index in [1.54, 1.807) is 6.92 Å². The topological polar surface area (TPSA) is 78.4 Å². The first kappa shape index (κ1) is 14.8. The van der Waals surface area contributed by atoms with Gasteiger partial charge in [0.2, 0.25) is 0 Å². The van der Waals surface area contributed by atoms with Crippen molar-refractivity contribution in [3.05, 3.63) is 0 Å². The summed E-state index contributed by atoms with van der Waals surface area (Å²) in [5.41, 5.74) is 0. The first-order valence-electron chi connectivity index (χ1n) is 6.76. The van der Waals surface area contributed by atoms with Crippen molar-refractivity contribution in [2.75, 3.05) is 0 Å². The number of urea groups is 1. The Bertz CT molecular complexity index is 294. The molecular formula is C13H24N2O3. The summed E-state index contributed by atoms with van der Waals surface area (Å²) in [7, 11) is 0. The normalized spacial score (nSPS) is 25.9. The zero-order chi connectivity index (χ0) is 13.5. The predicted molar refractivity (Wildman–Crippen MR) is 69.4 cm³/mol. The molecule has 3 unspecified atom stereocenters. The van der Waals surface area contributed by atoms with Gasteiger partial charge >= 0.3 is 12.0 Å². The highest BCUT2D eigenvalue weighted by Gasteiger charge is 2.18. The van der Waals surface area contributed by atoms with E-state index in [1.807, 2.05) is 0 Å². The van der Waals surface area contributed by atoms with Gasteiger partial charge in [0.25, 0.3) is 0 Å². The van der Waals surface area contributed by atoms with Crippen LogP contribution in [-0.4, -0.2) is 29.2 Å². The second-order valence-corrected chi connectivity index (χ2v) is 5.43. The maximum atomic E-state index is 11.7. The van der Waals surface area contributed by atoms with Crippen LogP contribution < -0.4 is 10.6 Å². The number of hydrogen-bond acceptors (Lipinski definition) is 2. The standard InChI is InChI=1S/C13H24N2O3/c1-9-4-3-5-11(7-6-9)15-13(18)14-10(2)8-12(16)17/h9-11H,3-8H2,1-2H3,(H,16,17)(H2,14,15,18). The van der Waals surface area contributed by atoms with E-state index < -0.39 is 5.97 Å². The zero-order valence-corrected chi connectivity index (χ0v) is 11.2. The summed E-state index contributed by atoms with van der Waals surface area (Å²) in [6, 6.07) is -0.359. The van der Waals surface area contributed by atoms with Crippen molar-refractivity contribution in [1.29, 1.82) is 0 Å². The summed E-state index contributed by atoms with van der Waals surface area (Å²) in [5.74, 6) is -0.156. The molecule has 1 rings (SSSR count). The molecule has 0 aromatic heterocycles. The number of carbonyl (C=O) groups excluding carboxylic acids is 1. The molecule has 0 aliphatic heterocycles. The van der Waals surface area contributed by atoms with E-state index >= 15 is 0 Å². The van der Waals surface area contributed by atoms with Gasteiger partial charge in [0.1, 0.15) is 0 Å². The summed E-state index contributed by atoms with van der Waals surface area (Å²) in [6.45, 7) is 3.94. The Morgan fingerprint density at radius 2 is 2.00 bits per heavy atom. The fourth-order valence-corrected chi connectivity index (χ4v) is 2.40. The molecule has 2 amide bonds. The van der Waals surface area contributed by atoms with Gasteiger partial charge in [-0.05, 0) is 32.1 Å². The Kier molecular flexibility index (Phi) is 5.95. The maximum absolute atomic E-state index is 11.7. The largest absolute Gasteiger partial charge is 0.481 e. The summed E-state index contributed by atoms with van der Waals surface area (Å²) in [4.78, 5) is 22.2. The minimum absolute atomic E-state index is 0.0465. The molecule has 1 fully saturated rings. The van der Waals surface area contributed by atoms with Gasteiger partial charge in [-0.3, -0.25) is 4.79 Å². The van der Waals surface area contributed by atoms with Gasteiger partial charge in [-0.25, -0.2) is 4.79 Å². The summed E-state index contributed by atoms with van der Waals surface area (Å²) < 4.78 is 0. The van der Waals surface area contributed by atoms with E-state index in [9.17, 15) is 9.59 Å². The SMILES string of the molecule is CC1CCCC(NC(=O)NC(C)CC(=O)O)CC1. The lowest BCUT2D eigenvalue weighted by atomic mass is 10.0. The molecule has 18 heavy (non-hydrogen) atoms. The average molecular weight is 256 g/mol. The van der Waals surface area contributed by atoms with Crippen LogP contribution in [0.4, 0.5) is 4.79 Å². The smallest absolute Gasteiger partial charge is 0.315 e. The lowest BCUT2D eigenvalue weighted by molar-refractivity contribution is -0.137. The van der Waals surface area contributed by atoms with Crippen molar-refractivity contribution >= 4 is 12.0 Å². The number of hydrogen-bond donors (Lipinski definition) is 3. The van der Waals surface area contributed by atoms with Crippen molar-refractivity contribution in [1.82, 2.24) is 10.6 Å². The predicted octanol–water partition coefficient (Wildman–Crippen LogP) is 2.12. The highest BCUT2D eigenvalue weighted by atomic mass is 16.4. The second kappa shape index (κ2) is 7.24. The summed E-state index contributed by atoms with van der Waals surface area (Å²) in [6.07, 6.45) is 5.52. The zero-order valence-electron chi connectivity index (χ0n) is 11.2. The van der Waals surface area contributed by atoms with Crippen LogP contribution in [0.3, 0.4) is 0 Å². The first-order chi connectivity index (χ1) is 8.47. The van der Waals surface area contributed by atoms with Crippen molar-refractivity contribution in [3.63, 3.8) is 0 Å². The van der Waals surface area contributed by atoms with Crippen LogP contribution in [0.1, 0.15) is 52.4 Å². The van der Waals surface area contributed by atoms with Crippen LogP contribution in [0, 0.1) is 5.92 Å². The molecule has 0 radical (unpaired) electrons. The molecular weight excluding hydrogens is 232 g/mol. The van der Waals surface area contributed by atoms with Gasteiger partial charge in [-0.15, -0.1) is 0 Å². The summed E-state index contributed by atoms with van der Waals surface area (Å²) >= 11 is 0. The fraction of sp³-hybridized carbons (Fsp3) is 0.846. The Morgan fingerprint density at radius 1 is 1.28 bits per heavy atom. The number of carboxylic acids is 1. The minimum Gasteiger partial charge on any atom is -0.481 e. The molecule has 3 N–H and O–H groups in total. The monoisotopic (exact) mass is 256 g/mol. The van der Waals surface area contributed by atoms with E-state index in [-0.39, 0.29) is 24.5 Å². The molecule has 0 aromatic carbocycles. The van der Waals surface area contributed by atoms with Gasteiger partial charge in [0, 0.05) is 12.1 Å². The van der Waals surface area contributed by atoms with Gasteiger partial charge in [-0.2, -0.15) is 0 Å². The van der Waals surface area contributed by atoms with E-state index in [0.717, 1.165) is 31.6 Å². The molecule has 0 bridgehead atoms. The van der Waals surface area contributed by atoms with Crippen LogP contribution in [0.15, 0.2) is 0 Å². The molecule has 0 spiro atoms. The van der Waals surface area contributed by atoms with E-state index in [2.05, 4.69) is 17.6 Å². The molecule has 1 aliphatic carbocycles. The first-order valence-corrected chi connectivity index (χ1v) is 6.76. The van der Waals surface area contributed by atoms with Crippen molar-refractivity contribution in [2.45, 2.75) is 64.5 Å². The van der Waals surface area contributed by atoms with Gasteiger partial charge in [-0.1, -0.05) is 19.8 Å². The highest BCUT2D eigenvalue weighted by molar-refractivity contribution is 5.75. The Labute approximate surface area is 108 Å². The minimum atomic E-state index is -0.897. The number of nitrogens with one attached hydrogen (secondary N) is 2. The van der Waals surface area contributed by atoms with Gasteiger partial charge in [0.15, 0.2) is 0 Å². The maximum Gasteiger partial charge on any atom is 0.315 e.